The Kier molecular flexibility index (Phi) is 10.4. The van der Waals surface area contributed by atoms with E-state index in [0.717, 1.165) is 61.2 Å². The second-order valence-electron chi connectivity index (χ2n) is 10.4. The molecule has 0 aliphatic heterocycles. The summed E-state index contributed by atoms with van der Waals surface area (Å²) in [6, 6.07) is 0. The van der Waals surface area contributed by atoms with Crippen molar-refractivity contribution >= 4 is 0 Å². The summed E-state index contributed by atoms with van der Waals surface area (Å²) in [5.41, 5.74) is 3.47. The maximum Gasteiger partial charge on any atom is -0.0137 e. The van der Waals surface area contributed by atoms with Gasteiger partial charge in [-0.2, -0.15) is 0 Å². The van der Waals surface area contributed by atoms with Gasteiger partial charge in [-0.25, -0.2) is 0 Å². The van der Waals surface area contributed by atoms with Gasteiger partial charge in [0.1, 0.15) is 0 Å². The summed E-state index contributed by atoms with van der Waals surface area (Å²) in [5, 5.41) is 0. The first-order valence-corrected chi connectivity index (χ1v) is 13.6. The minimum Gasteiger partial charge on any atom is -0.0885 e. The van der Waals surface area contributed by atoms with Gasteiger partial charge in [-0.05, 0) is 114 Å². The summed E-state index contributed by atoms with van der Waals surface area (Å²) < 4.78 is 0. The predicted molar refractivity (Wildman–Crippen MR) is 143 cm³/mol. The summed E-state index contributed by atoms with van der Waals surface area (Å²) in [4.78, 5) is 0. The first kappa shape index (κ1) is 25.1. The van der Waals surface area contributed by atoms with E-state index in [1.54, 1.807) is 11.1 Å². The quantitative estimate of drug-likeness (QED) is 0.335. The lowest BCUT2D eigenvalue weighted by Crippen LogP contribution is -2.10. The van der Waals surface area contributed by atoms with Crippen LogP contribution >= 0.6 is 0 Å². The molecule has 4 aliphatic rings. The fourth-order valence-electron chi connectivity index (χ4n) is 6.74. The second kappa shape index (κ2) is 13.2. The molecule has 176 valence electrons. The zero-order valence-electron chi connectivity index (χ0n) is 21.3. The molecule has 0 nitrogen and oxygen atoms in total. The van der Waals surface area contributed by atoms with Crippen LogP contribution in [-0.2, 0) is 0 Å². The monoisotopic (exact) mass is 432 g/mol. The third kappa shape index (κ3) is 6.72. The van der Waals surface area contributed by atoms with Crippen molar-refractivity contribution in [2.45, 2.75) is 91.9 Å². The van der Waals surface area contributed by atoms with Gasteiger partial charge in [-0.15, -0.1) is 0 Å². The molecule has 0 saturated heterocycles. The molecule has 0 amide bonds. The molecular weight excluding hydrogens is 384 g/mol. The Hall–Kier alpha value is -1.56. The van der Waals surface area contributed by atoms with E-state index in [4.69, 9.17) is 0 Å². The van der Waals surface area contributed by atoms with Gasteiger partial charge in [0.05, 0.1) is 0 Å². The van der Waals surface area contributed by atoms with E-state index in [-0.39, 0.29) is 0 Å². The molecule has 4 bridgehead atoms. The molecule has 0 heteroatoms. The third-order valence-corrected chi connectivity index (χ3v) is 8.34. The molecular formula is C32H48. The summed E-state index contributed by atoms with van der Waals surface area (Å²) >= 11 is 0. The summed E-state index contributed by atoms with van der Waals surface area (Å²) in [6.07, 6.45) is 36.6. The molecule has 0 heterocycles. The van der Waals surface area contributed by atoms with Crippen molar-refractivity contribution in [3.63, 3.8) is 0 Å². The Labute approximate surface area is 199 Å². The molecule has 0 N–H and O–H groups in total. The van der Waals surface area contributed by atoms with Crippen molar-refractivity contribution in [1.82, 2.24) is 0 Å². The van der Waals surface area contributed by atoms with Gasteiger partial charge in [0, 0.05) is 0 Å². The fourth-order valence-corrected chi connectivity index (χ4v) is 6.74. The van der Waals surface area contributed by atoms with Crippen LogP contribution in [0.25, 0.3) is 0 Å². The lowest BCUT2D eigenvalue weighted by Gasteiger charge is -2.21. The molecule has 0 aromatic heterocycles. The van der Waals surface area contributed by atoms with Gasteiger partial charge in [0.2, 0.25) is 0 Å². The zero-order chi connectivity index (χ0) is 22.8. The maximum atomic E-state index is 2.48. The Morgan fingerprint density at radius 1 is 0.656 bits per heavy atom. The van der Waals surface area contributed by atoms with Gasteiger partial charge in [-0.3, -0.25) is 0 Å². The molecule has 4 rings (SSSR count). The number of fused-ring (bicyclic) bond motifs is 4. The molecule has 0 radical (unpaired) electrons. The lowest BCUT2D eigenvalue weighted by atomic mass is 9.84. The molecule has 4 saturated carbocycles. The standard InChI is InChI=1S/2C16H24/c1-3-5-6-7-8-9-15-11-13-10-14(4-2)16(15)12-13;1-3-5-6-7-8-9-14-11-15-12-16(14)10-13(15)4-2/h4-6,8-9,13,15-16H,3,7,10-12H2,1-2H3;4-6,8-9,14-16H,3,7,10-12H2,1-2H3/b6-5-,9-8?,14-4?;6-5-,9-8?,13-4?. The van der Waals surface area contributed by atoms with Crippen LogP contribution in [0.4, 0.5) is 0 Å². The van der Waals surface area contributed by atoms with Crippen LogP contribution in [0.15, 0.2) is 71.9 Å². The van der Waals surface area contributed by atoms with Crippen LogP contribution in [0.3, 0.4) is 0 Å². The van der Waals surface area contributed by atoms with Gasteiger partial charge < -0.3 is 0 Å². The maximum absolute atomic E-state index is 2.48. The molecule has 6 atom stereocenters. The second-order valence-corrected chi connectivity index (χ2v) is 10.4. The Balaban J connectivity index is 0.000000181. The summed E-state index contributed by atoms with van der Waals surface area (Å²) in [5.74, 6) is 5.50. The van der Waals surface area contributed by atoms with Crippen molar-refractivity contribution < 1.29 is 0 Å². The number of rotatable bonds is 8. The molecule has 6 unspecified atom stereocenters. The smallest absolute Gasteiger partial charge is 0.0137 e. The minimum atomic E-state index is 0.847. The zero-order valence-corrected chi connectivity index (χ0v) is 21.3. The molecule has 0 aromatic carbocycles. The van der Waals surface area contributed by atoms with E-state index in [0.29, 0.717) is 0 Å². The SMILES string of the molecule is CC=C1CC2CC(C=CC/C=C\CC)C1C2.CC=C1CC2CC1CC2C=CC/C=C\CC. The number of allylic oxidation sites excluding steroid dienone is 12. The highest BCUT2D eigenvalue weighted by molar-refractivity contribution is 5.21. The summed E-state index contributed by atoms with van der Waals surface area (Å²) in [6.45, 7) is 8.79. The summed E-state index contributed by atoms with van der Waals surface area (Å²) in [7, 11) is 0. The van der Waals surface area contributed by atoms with E-state index in [1.807, 2.05) is 0 Å². The molecule has 0 aromatic rings. The first-order chi connectivity index (χ1) is 15.7. The van der Waals surface area contributed by atoms with E-state index in [9.17, 15) is 0 Å². The lowest BCUT2D eigenvalue weighted by molar-refractivity contribution is 0.446. The molecule has 4 fully saturated rings. The van der Waals surface area contributed by atoms with Crippen LogP contribution in [0, 0.1) is 35.5 Å². The van der Waals surface area contributed by atoms with Gasteiger partial charge >= 0.3 is 0 Å². The average molecular weight is 433 g/mol. The minimum absolute atomic E-state index is 0.847. The highest BCUT2D eigenvalue weighted by Gasteiger charge is 2.41. The van der Waals surface area contributed by atoms with Gasteiger partial charge in [-0.1, -0.05) is 85.8 Å². The van der Waals surface area contributed by atoms with E-state index in [2.05, 4.69) is 88.5 Å². The van der Waals surface area contributed by atoms with E-state index < -0.39 is 0 Å². The highest BCUT2D eigenvalue weighted by Crippen LogP contribution is 2.52. The van der Waals surface area contributed by atoms with Crippen molar-refractivity contribution in [3.05, 3.63) is 71.9 Å². The van der Waals surface area contributed by atoms with E-state index in [1.165, 1.54) is 38.5 Å². The topological polar surface area (TPSA) is 0 Å². The number of hydrogen-bond acceptors (Lipinski definition) is 0. The molecule has 4 aliphatic carbocycles. The van der Waals surface area contributed by atoms with Crippen molar-refractivity contribution in [3.8, 4) is 0 Å². The van der Waals surface area contributed by atoms with E-state index >= 15 is 0 Å². The highest BCUT2D eigenvalue weighted by atomic mass is 14.5. The molecule has 32 heavy (non-hydrogen) atoms. The third-order valence-electron chi connectivity index (χ3n) is 8.34. The normalized spacial score (nSPS) is 36.1. The van der Waals surface area contributed by atoms with Crippen molar-refractivity contribution in [2.75, 3.05) is 0 Å². The number of hydrogen-bond donors (Lipinski definition) is 0. The first-order valence-electron chi connectivity index (χ1n) is 13.6. The van der Waals surface area contributed by atoms with Crippen LogP contribution in [-0.4, -0.2) is 0 Å². The fraction of sp³-hybridized carbons (Fsp3) is 0.625. The Morgan fingerprint density at radius 2 is 1.31 bits per heavy atom. The van der Waals surface area contributed by atoms with Gasteiger partial charge in [0.25, 0.3) is 0 Å². The average Bonchev–Trinajstić information content (AvgIpc) is 3.59. The largest absolute Gasteiger partial charge is 0.0885 e. The molecule has 0 spiro atoms. The van der Waals surface area contributed by atoms with Crippen LogP contribution in [0.1, 0.15) is 91.9 Å². The van der Waals surface area contributed by atoms with Crippen molar-refractivity contribution in [2.24, 2.45) is 35.5 Å². The predicted octanol–water partition coefficient (Wildman–Crippen LogP) is 9.78. The Bertz CT molecular complexity index is 740. The van der Waals surface area contributed by atoms with Crippen LogP contribution in [0.2, 0.25) is 0 Å². The van der Waals surface area contributed by atoms with Gasteiger partial charge in [0.15, 0.2) is 0 Å². The Morgan fingerprint density at radius 3 is 1.84 bits per heavy atom. The van der Waals surface area contributed by atoms with Crippen LogP contribution in [0.5, 0.6) is 0 Å². The van der Waals surface area contributed by atoms with Crippen molar-refractivity contribution in [1.29, 1.82) is 0 Å². The van der Waals surface area contributed by atoms with Crippen LogP contribution < -0.4 is 0 Å².